The molecule has 0 bridgehead atoms. The molecule has 196 valence electrons. The normalized spacial score (nSPS) is 17.1. The predicted molar refractivity (Wildman–Crippen MR) is 136 cm³/mol. The van der Waals surface area contributed by atoms with Crippen molar-refractivity contribution in [2.24, 2.45) is 4.99 Å². The molecule has 2 aliphatic heterocycles. The predicted octanol–water partition coefficient (Wildman–Crippen LogP) is 3.67. The highest BCUT2D eigenvalue weighted by Crippen LogP contribution is 2.30. The number of aliphatic imine (C=N–C) groups is 1. The number of rotatable bonds is 12. The van der Waals surface area contributed by atoms with Crippen LogP contribution in [0.4, 0.5) is 5.69 Å². The van der Waals surface area contributed by atoms with E-state index in [1.54, 1.807) is 0 Å². The molecular formula is C27H38N4O5. The van der Waals surface area contributed by atoms with Crippen molar-refractivity contribution in [1.29, 1.82) is 0 Å². The van der Waals surface area contributed by atoms with Crippen molar-refractivity contribution in [3.63, 3.8) is 0 Å². The number of nitrogens with one attached hydrogen (secondary N) is 1. The van der Waals surface area contributed by atoms with Gasteiger partial charge in [0, 0.05) is 31.5 Å². The first-order valence-corrected chi connectivity index (χ1v) is 13.3. The lowest BCUT2D eigenvalue weighted by molar-refractivity contribution is -0.144. The van der Waals surface area contributed by atoms with Crippen LogP contribution in [-0.2, 0) is 25.7 Å². The molecule has 3 aliphatic rings. The average molecular weight is 499 g/mol. The van der Waals surface area contributed by atoms with E-state index >= 15 is 0 Å². The lowest BCUT2D eigenvalue weighted by Gasteiger charge is -2.34. The van der Waals surface area contributed by atoms with Crippen LogP contribution in [0.2, 0.25) is 0 Å². The molecule has 2 fully saturated rings. The van der Waals surface area contributed by atoms with Gasteiger partial charge in [-0.1, -0.05) is 32.1 Å². The molecular weight excluding hydrogens is 460 g/mol. The van der Waals surface area contributed by atoms with Gasteiger partial charge < -0.3 is 19.3 Å². The second-order valence-electron chi connectivity index (χ2n) is 9.86. The van der Waals surface area contributed by atoms with Crippen molar-refractivity contribution in [2.75, 3.05) is 26.3 Å². The topological polar surface area (TPSA) is 101 Å². The van der Waals surface area contributed by atoms with Gasteiger partial charge in [0.2, 0.25) is 17.8 Å². The minimum atomic E-state index is -0.299. The number of esters is 1. The Kier molecular flexibility index (Phi) is 9.19. The Labute approximate surface area is 213 Å². The minimum Gasteiger partial charge on any atom is -0.494 e. The summed E-state index contributed by atoms with van der Waals surface area (Å²) in [7, 11) is 0. The van der Waals surface area contributed by atoms with Gasteiger partial charge in [0.15, 0.2) is 0 Å². The molecule has 1 saturated heterocycles. The van der Waals surface area contributed by atoms with E-state index in [9.17, 15) is 14.4 Å². The van der Waals surface area contributed by atoms with Crippen LogP contribution < -0.4 is 10.1 Å². The molecule has 0 atom stereocenters. The Balaban J connectivity index is 1.13. The Morgan fingerprint density at radius 2 is 1.89 bits per heavy atom. The van der Waals surface area contributed by atoms with Gasteiger partial charge >= 0.3 is 5.97 Å². The highest BCUT2D eigenvalue weighted by molar-refractivity contribution is 6.05. The highest BCUT2D eigenvalue weighted by atomic mass is 16.5. The quantitative estimate of drug-likeness (QED) is 0.349. The average Bonchev–Trinajstić information content (AvgIpc) is 3.23. The highest BCUT2D eigenvalue weighted by Gasteiger charge is 2.29. The first kappa shape index (κ1) is 26.0. The fourth-order valence-corrected chi connectivity index (χ4v) is 5.18. The SMILES string of the molecule is CC(=O)OCCN(C(=O)CCCCCCOc1ccc2c(c1)CN1CC(=O)NC1=N2)C1CCCCC1. The van der Waals surface area contributed by atoms with Crippen LogP contribution in [0.15, 0.2) is 23.2 Å². The molecule has 9 heteroatoms. The van der Waals surface area contributed by atoms with Crippen molar-refractivity contribution in [3.05, 3.63) is 23.8 Å². The van der Waals surface area contributed by atoms with Gasteiger partial charge in [-0.3, -0.25) is 19.7 Å². The lowest BCUT2D eigenvalue weighted by atomic mass is 9.94. The molecule has 36 heavy (non-hydrogen) atoms. The van der Waals surface area contributed by atoms with E-state index in [4.69, 9.17) is 9.47 Å². The molecule has 0 radical (unpaired) electrons. The molecule has 1 aromatic carbocycles. The van der Waals surface area contributed by atoms with Gasteiger partial charge in [-0.2, -0.15) is 0 Å². The fourth-order valence-electron chi connectivity index (χ4n) is 5.18. The number of unbranched alkanes of at least 4 members (excludes halogenated alkanes) is 3. The van der Waals surface area contributed by atoms with Gasteiger partial charge in [0.25, 0.3) is 0 Å². The van der Waals surface area contributed by atoms with Crippen molar-refractivity contribution >= 4 is 29.4 Å². The summed E-state index contributed by atoms with van der Waals surface area (Å²) in [6.45, 7) is 3.79. The molecule has 0 aromatic heterocycles. The van der Waals surface area contributed by atoms with E-state index in [1.165, 1.54) is 13.3 Å². The molecule has 0 spiro atoms. The molecule has 9 nitrogen and oxygen atoms in total. The Morgan fingerprint density at radius 1 is 1.08 bits per heavy atom. The number of ether oxygens (including phenoxy) is 2. The molecule has 2 amide bonds. The van der Waals surface area contributed by atoms with Crippen molar-refractivity contribution in [3.8, 4) is 5.75 Å². The Morgan fingerprint density at radius 3 is 2.69 bits per heavy atom. The molecule has 1 saturated carbocycles. The number of carbonyl (C=O) groups excluding carboxylic acids is 3. The summed E-state index contributed by atoms with van der Waals surface area (Å²) in [6, 6.07) is 6.15. The number of benzene rings is 1. The van der Waals surface area contributed by atoms with Crippen molar-refractivity contribution in [1.82, 2.24) is 15.1 Å². The lowest BCUT2D eigenvalue weighted by Crippen LogP contribution is -2.43. The van der Waals surface area contributed by atoms with Crippen molar-refractivity contribution in [2.45, 2.75) is 83.7 Å². The smallest absolute Gasteiger partial charge is 0.302 e. The van der Waals surface area contributed by atoms with Crippen LogP contribution in [0, 0.1) is 0 Å². The molecule has 4 rings (SSSR count). The molecule has 1 aliphatic carbocycles. The number of guanidine groups is 1. The zero-order valence-electron chi connectivity index (χ0n) is 21.3. The standard InChI is InChI=1S/C27H38N4O5/c1-20(32)35-16-14-31(22-9-5-4-6-10-22)26(34)11-7-2-3-8-15-36-23-12-13-24-21(17-23)18-30-19-25(33)29-27(30)28-24/h12-13,17,22H,2-11,14-16,18-19H2,1H3,(H,28,29,33). The third kappa shape index (κ3) is 7.21. The first-order valence-electron chi connectivity index (χ1n) is 13.3. The van der Waals surface area contributed by atoms with Gasteiger partial charge in [0.1, 0.15) is 18.9 Å². The fraction of sp³-hybridized carbons (Fsp3) is 0.630. The summed E-state index contributed by atoms with van der Waals surface area (Å²) in [4.78, 5) is 44.0. The van der Waals surface area contributed by atoms with Crippen LogP contribution >= 0.6 is 0 Å². The van der Waals surface area contributed by atoms with E-state index < -0.39 is 0 Å². The molecule has 1 N–H and O–H groups in total. The largest absolute Gasteiger partial charge is 0.494 e. The number of amides is 2. The number of hydrogen-bond donors (Lipinski definition) is 1. The van der Waals surface area contributed by atoms with Gasteiger partial charge in [0.05, 0.1) is 18.8 Å². The third-order valence-corrected chi connectivity index (χ3v) is 7.05. The Hall–Kier alpha value is -3.10. The Bertz CT molecular complexity index is 973. The second-order valence-corrected chi connectivity index (χ2v) is 9.86. The maximum absolute atomic E-state index is 12.9. The van der Waals surface area contributed by atoms with Gasteiger partial charge in [-0.15, -0.1) is 0 Å². The molecule has 0 unspecified atom stereocenters. The van der Waals surface area contributed by atoms with E-state index in [-0.39, 0.29) is 30.4 Å². The van der Waals surface area contributed by atoms with Gasteiger partial charge in [-0.25, -0.2) is 4.99 Å². The second kappa shape index (κ2) is 12.7. The van der Waals surface area contributed by atoms with E-state index in [1.807, 2.05) is 28.0 Å². The molecule has 2 heterocycles. The third-order valence-electron chi connectivity index (χ3n) is 7.05. The van der Waals surface area contributed by atoms with Crippen LogP contribution in [-0.4, -0.2) is 65.9 Å². The monoisotopic (exact) mass is 498 g/mol. The van der Waals surface area contributed by atoms with Gasteiger partial charge in [-0.05, 0) is 43.9 Å². The zero-order valence-corrected chi connectivity index (χ0v) is 21.3. The number of carbonyl (C=O) groups is 3. The van der Waals surface area contributed by atoms with Crippen LogP contribution in [0.1, 0.15) is 76.7 Å². The van der Waals surface area contributed by atoms with Crippen LogP contribution in [0.5, 0.6) is 5.75 Å². The molecule has 1 aromatic rings. The summed E-state index contributed by atoms with van der Waals surface area (Å²) in [6.07, 6.45) is 9.97. The van der Waals surface area contributed by atoms with Crippen LogP contribution in [0.25, 0.3) is 0 Å². The first-order chi connectivity index (χ1) is 17.5. The zero-order chi connectivity index (χ0) is 25.3. The minimum absolute atomic E-state index is 0.0246. The maximum Gasteiger partial charge on any atom is 0.302 e. The number of nitrogens with zero attached hydrogens (tertiary/aromatic N) is 3. The van der Waals surface area contributed by atoms with E-state index in [0.29, 0.717) is 38.6 Å². The summed E-state index contributed by atoms with van der Waals surface area (Å²) in [5.41, 5.74) is 1.93. The maximum atomic E-state index is 12.9. The van der Waals surface area contributed by atoms with E-state index in [0.717, 1.165) is 68.4 Å². The summed E-state index contributed by atoms with van der Waals surface area (Å²) >= 11 is 0. The summed E-state index contributed by atoms with van der Waals surface area (Å²) in [5, 5.41) is 2.78. The van der Waals surface area contributed by atoms with Crippen molar-refractivity contribution < 1.29 is 23.9 Å². The van der Waals surface area contributed by atoms with Crippen LogP contribution in [0.3, 0.4) is 0 Å². The summed E-state index contributed by atoms with van der Waals surface area (Å²) < 4.78 is 11.0. The summed E-state index contributed by atoms with van der Waals surface area (Å²) in [5.74, 6) is 1.30. The number of hydrogen-bond acceptors (Lipinski definition) is 7. The number of fused-ring (bicyclic) bond motifs is 2. The van der Waals surface area contributed by atoms with E-state index in [2.05, 4.69) is 10.3 Å².